The molecular weight excluding hydrogens is 230 g/mol. The number of rotatable bonds is 4. The van der Waals surface area contributed by atoms with Crippen LogP contribution < -0.4 is 5.73 Å². The van der Waals surface area contributed by atoms with Gasteiger partial charge in [0.2, 0.25) is 0 Å². The quantitative estimate of drug-likeness (QED) is 0.832. The minimum atomic E-state index is -0.378. The lowest BCUT2D eigenvalue weighted by Crippen LogP contribution is -2.50. The molecule has 0 aromatic heterocycles. The third-order valence-electron chi connectivity index (χ3n) is 4.74. The number of hydrogen-bond donors (Lipinski definition) is 1. The standard InChI is InChI=1S/C14H25NO3/c15-12-4-6-14(17-8-9-18-14)10-13(12)16-7-5-11-2-1-3-11/h11-13H,1-10,15H2. The van der Waals surface area contributed by atoms with E-state index in [0.29, 0.717) is 13.2 Å². The van der Waals surface area contributed by atoms with Crippen LogP contribution in [0.25, 0.3) is 0 Å². The molecule has 0 amide bonds. The zero-order valence-corrected chi connectivity index (χ0v) is 11.1. The third kappa shape index (κ3) is 2.72. The third-order valence-corrected chi connectivity index (χ3v) is 4.74. The molecule has 0 aromatic carbocycles. The van der Waals surface area contributed by atoms with Crippen LogP contribution in [0.15, 0.2) is 0 Å². The molecule has 0 aromatic rings. The first kappa shape index (κ1) is 12.9. The average Bonchev–Trinajstić information content (AvgIpc) is 2.75. The molecule has 1 spiro atoms. The molecular formula is C14H25NO3. The Bertz CT molecular complexity index is 274. The smallest absolute Gasteiger partial charge is 0.171 e. The summed E-state index contributed by atoms with van der Waals surface area (Å²) in [6.07, 6.45) is 8.13. The molecule has 3 rings (SSSR count). The highest BCUT2D eigenvalue weighted by molar-refractivity contribution is 4.90. The highest BCUT2D eigenvalue weighted by Crippen LogP contribution is 2.37. The van der Waals surface area contributed by atoms with Gasteiger partial charge < -0.3 is 19.9 Å². The van der Waals surface area contributed by atoms with Crippen LogP contribution in [0.1, 0.15) is 44.9 Å². The average molecular weight is 255 g/mol. The summed E-state index contributed by atoms with van der Waals surface area (Å²) in [5.74, 6) is 0.523. The van der Waals surface area contributed by atoms with Crippen molar-refractivity contribution in [1.82, 2.24) is 0 Å². The zero-order chi connectivity index (χ0) is 12.4. The molecule has 2 aliphatic carbocycles. The highest BCUT2D eigenvalue weighted by Gasteiger charge is 2.44. The van der Waals surface area contributed by atoms with Crippen molar-refractivity contribution < 1.29 is 14.2 Å². The van der Waals surface area contributed by atoms with E-state index in [0.717, 1.165) is 31.8 Å². The van der Waals surface area contributed by atoms with E-state index in [1.807, 2.05) is 0 Å². The van der Waals surface area contributed by atoms with E-state index in [9.17, 15) is 0 Å². The normalized spacial score (nSPS) is 35.8. The Labute approximate surface area is 109 Å². The molecule has 104 valence electrons. The second-order valence-electron chi connectivity index (χ2n) is 6.01. The number of nitrogens with two attached hydrogens (primary N) is 1. The first-order valence-electron chi connectivity index (χ1n) is 7.42. The molecule has 1 aliphatic heterocycles. The zero-order valence-electron chi connectivity index (χ0n) is 11.1. The first-order chi connectivity index (χ1) is 8.77. The molecule has 1 saturated heterocycles. The van der Waals surface area contributed by atoms with Gasteiger partial charge in [0.15, 0.2) is 5.79 Å². The topological polar surface area (TPSA) is 53.7 Å². The van der Waals surface area contributed by atoms with E-state index < -0.39 is 0 Å². The Morgan fingerprint density at radius 3 is 2.61 bits per heavy atom. The molecule has 2 saturated carbocycles. The van der Waals surface area contributed by atoms with E-state index in [1.165, 1.54) is 25.7 Å². The Hall–Kier alpha value is -0.160. The van der Waals surface area contributed by atoms with Crippen molar-refractivity contribution in [1.29, 1.82) is 0 Å². The minimum absolute atomic E-state index is 0.108. The van der Waals surface area contributed by atoms with Gasteiger partial charge in [0, 0.05) is 25.5 Å². The van der Waals surface area contributed by atoms with Gasteiger partial charge in [-0.15, -0.1) is 0 Å². The Morgan fingerprint density at radius 2 is 1.94 bits per heavy atom. The van der Waals surface area contributed by atoms with Crippen molar-refractivity contribution in [2.75, 3.05) is 19.8 Å². The van der Waals surface area contributed by atoms with Crippen LogP contribution >= 0.6 is 0 Å². The fourth-order valence-electron chi connectivity index (χ4n) is 3.24. The Balaban J connectivity index is 1.46. The largest absolute Gasteiger partial charge is 0.376 e. The summed E-state index contributed by atoms with van der Waals surface area (Å²) in [6.45, 7) is 2.27. The summed E-state index contributed by atoms with van der Waals surface area (Å²) < 4.78 is 17.5. The summed E-state index contributed by atoms with van der Waals surface area (Å²) in [5.41, 5.74) is 6.16. The highest BCUT2D eigenvalue weighted by atomic mass is 16.7. The Kier molecular flexibility index (Phi) is 3.89. The molecule has 3 aliphatic rings. The summed E-state index contributed by atoms with van der Waals surface area (Å²) in [7, 11) is 0. The van der Waals surface area contributed by atoms with Crippen LogP contribution in [0.3, 0.4) is 0 Å². The summed E-state index contributed by atoms with van der Waals surface area (Å²) >= 11 is 0. The molecule has 4 nitrogen and oxygen atoms in total. The molecule has 2 unspecified atom stereocenters. The van der Waals surface area contributed by atoms with Crippen molar-refractivity contribution in [3.63, 3.8) is 0 Å². The van der Waals surface area contributed by atoms with Gasteiger partial charge in [0.25, 0.3) is 0 Å². The maximum Gasteiger partial charge on any atom is 0.171 e. The van der Waals surface area contributed by atoms with Crippen LogP contribution in [0, 0.1) is 5.92 Å². The van der Waals surface area contributed by atoms with Crippen LogP contribution in [0.2, 0.25) is 0 Å². The second-order valence-corrected chi connectivity index (χ2v) is 6.01. The van der Waals surface area contributed by atoms with Crippen molar-refractivity contribution in [2.24, 2.45) is 11.7 Å². The van der Waals surface area contributed by atoms with Crippen molar-refractivity contribution >= 4 is 0 Å². The molecule has 3 fully saturated rings. The van der Waals surface area contributed by atoms with Crippen molar-refractivity contribution in [3.05, 3.63) is 0 Å². The van der Waals surface area contributed by atoms with Crippen LogP contribution in [-0.4, -0.2) is 37.8 Å². The Morgan fingerprint density at radius 1 is 1.17 bits per heavy atom. The van der Waals surface area contributed by atoms with Gasteiger partial charge in [0.05, 0.1) is 19.3 Å². The lowest BCUT2D eigenvalue weighted by Gasteiger charge is -2.39. The number of hydrogen-bond acceptors (Lipinski definition) is 4. The SMILES string of the molecule is NC1CCC2(CC1OCCC1CCC1)OCCO2. The number of ether oxygens (including phenoxy) is 3. The maximum atomic E-state index is 6.16. The molecule has 2 N–H and O–H groups in total. The molecule has 0 radical (unpaired) electrons. The summed E-state index contributed by atoms with van der Waals surface area (Å²) in [5, 5.41) is 0. The molecule has 1 heterocycles. The van der Waals surface area contributed by atoms with E-state index in [1.54, 1.807) is 0 Å². The summed E-state index contributed by atoms with van der Waals surface area (Å²) in [4.78, 5) is 0. The van der Waals surface area contributed by atoms with Crippen molar-refractivity contribution in [2.45, 2.75) is 62.9 Å². The lowest BCUT2D eigenvalue weighted by atomic mass is 9.83. The molecule has 18 heavy (non-hydrogen) atoms. The van der Waals surface area contributed by atoms with E-state index in [-0.39, 0.29) is 17.9 Å². The van der Waals surface area contributed by atoms with Gasteiger partial charge in [-0.3, -0.25) is 0 Å². The van der Waals surface area contributed by atoms with E-state index in [4.69, 9.17) is 19.9 Å². The molecule has 4 heteroatoms. The van der Waals surface area contributed by atoms with Gasteiger partial charge in [-0.25, -0.2) is 0 Å². The van der Waals surface area contributed by atoms with Gasteiger partial charge in [-0.2, -0.15) is 0 Å². The molecule has 2 atom stereocenters. The van der Waals surface area contributed by atoms with Gasteiger partial charge in [0.1, 0.15) is 0 Å². The second kappa shape index (κ2) is 5.45. The van der Waals surface area contributed by atoms with E-state index in [2.05, 4.69) is 0 Å². The maximum absolute atomic E-state index is 6.16. The van der Waals surface area contributed by atoms with Crippen LogP contribution in [0.5, 0.6) is 0 Å². The predicted molar refractivity (Wildman–Crippen MR) is 68.2 cm³/mol. The van der Waals surface area contributed by atoms with Gasteiger partial charge in [-0.1, -0.05) is 19.3 Å². The van der Waals surface area contributed by atoms with Crippen molar-refractivity contribution in [3.8, 4) is 0 Å². The lowest BCUT2D eigenvalue weighted by molar-refractivity contribution is -0.205. The van der Waals surface area contributed by atoms with Gasteiger partial charge >= 0.3 is 0 Å². The monoisotopic (exact) mass is 255 g/mol. The summed E-state index contributed by atoms with van der Waals surface area (Å²) in [6, 6.07) is 0.143. The van der Waals surface area contributed by atoms with Crippen LogP contribution in [-0.2, 0) is 14.2 Å². The van der Waals surface area contributed by atoms with Gasteiger partial charge in [-0.05, 0) is 18.8 Å². The predicted octanol–water partition coefficient (Wildman–Crippen LogP) is 1.82. The first-order valence-corrected chi connectivity index (χ1v) is 7.42. The molecule has 0 bridgehead atoms. The van der Waals surface area contributed by atoms with E-state index >= 15 is 0 Å². The van der Waals surface area contributed by atoms with Crippen LogP contribution in [0.4, 0.5) is 0 Å². The fourth-order valence-corrected chi connectivity index (χ4v) is 3.24. The minimum Gasteiger partial charge on any atom is -0.376 e. The fraction of sp³-hybridized carbons (Fsp3) is 1.00.